The molecule has 0 saturated carbocycles. The van der Waals surface area contributed by atoms with Crippen molar-refractivity contribution >= 4 is 15.9 Å². The smallest absolute Gasteiger partial charge is 0.127 e. The quantitative estimate of drug-likeness (QED) is 0.647. The predicted octanol–water partition coefficient (Wildman–Crippen LogP) is 5.81. The van der Waals surface area contributed by atoms with Crippen LogP contribution in [0.15, 0.2) is 42.5 Å². The molecule has 0 aliphatic heterocycles. The fourth-order valence-corrected chi connectivity index (χ4v) is 2.57. The summed E-state index contributed by atoms with van der Waals surface area (Å²) in [6, 6.07) is 14.5. The van der Waals surface area contributed by atoms with E-state index < -0.39 is 0 Å². The molecule has 2 aromatic carbocycles. The van der Waals surface area contributed by atoms with E-state index in [1.54, 1.807) is 0 Å². The van der Waals surface area contributed by atoms with Crippen LogP contribution in [0.25, 0.3) is 0 Å². The lowest BCUT2D eigenvalue weighted by molar-refractivity contribution is 0.482. The third kappa shape index (κ3) is 3.60. The summed E-state index contributed by atoms with van der Waals surface area (Å²) in [5, 5.41) is 0.877. The first-order chi connectivity index (χ1) is 9.10. The molecule has 0 aliphatic carbocycles. The normalized spacial score (nSPS) is 10.8. The van der Waals surface area contributed by atoms with Crippen LogP contribution in [-0.4, -0.2) is 0 Å². The average Bonchev–Trinajstić information content (AvgIpc) is 2.39. The molecule has 0 aliphatic rings. The molecule has 100 valence electrons. The predicted molar refractivity (Wildman–Crippen MR) is 84.4 cm³/mol. The van der Waals surface area contributed by atoms with Crippen molar-refractivity contribution in [3.05, 3.63) is 59.2 Å². The highest BCUT2D eigenvalue weighted by atomic mass is 79.9. The summed E-state index contributed by atoms with van der Waals surface area (Å²) in [5.74, 6) is 2.32. The summed E-state index contributed by atoms with van der Waals surface area (Å²) in [7, 11) is 0. The van der Waals surface area contributed by atoms with Crippen molar-refractivity contribution in [1.29, 1.82) is 0 Å². The summed E-state index contributed by atoms with van der Waals surface area (Å²) in [5.41, 5.74) is 3.87. The van der Waals surface area contributed by atoms with Crippen LogP contribution in [-0.2, 0) is 5.33 Å². The zero-order valence-electron chi connectivity index (χ0n) is 11.6. The fraction of sp³-hybridized carbons (Fsp3) is 0.294. The molecule has 0 atom stereocenters. The topological polar surface area (TPSA) is 9.23 Å². The first-order valence-electron chi connectivity index (χ1n) is 6.53. The first-order valence-corrected chi connectivity index (χ1v) is 7.65. The van der Waals surface area contributed by atoms with Gasteiger partial charge in [0.15, 0.2) is 0 Å². The second kappa shape index (κ2) is 6.25. The van der Waals surface area contributed by atoms with E-state index in [9.17, 15) is 0 Å². The first kappa shape index (κ1) is 14.1. The standard InChI is InChI=1S/C17H19BrO/c1-12(2)14-4-7-16(8-5-14)19-17-9-6-15(11-18)13(3)10-17/h4-10,12H,11H2,1-3H3. The molecule has 0 fully saturated rings. The molecule has 0 radical (unpaired) electrons. The molecule has 2 heteroatoms. The maximum absolute atomic E-state index is 5.88. The Bertz CT molecular complexity index is 544. The molecule has 0 heterocycles. The van der Waals surface area contributed by atoms with Gasteiger partial charge in [-0.2, -0.15) is 0 Å². The van der Waals surface area contributed by atoms with E-state index in [0.29, 0.717) is 5.92 Å². The Morgan fingerprint density at radius 3 is 2.16 bits per heavy atom. The Labute approximate surface area is 123 Å². The Kier molecular flexibility index (Phi) is 4.65. The molecule has 0 saturated heterocycles. The summed E-state index contributed by atoms with van der Waals surface area (Å²) in [6.45, 7) is 6.49. The van der Waals surface area contributed by atoms with E-state index in [0.717, 1.165) is 16.8 Å². The van der Waals surface area contributed by atoms with Gasteiger partial charge < -0.3 is 4.74 Å². The van der Waals surface area contributed by atoms with Crippen molar-refractivity contribution < 1.29 is 4.74 Å². The van der Waals surface area contributed by atoms with Crippen molar-refractivity contribution in [3.63, 3.8) is 0 Å². The van der Waals surface area contributed by atoms with Gasteiger partial charge in [0.25, 0.3) is 0 Å². The molecule has 2 aromatic rings. The lowest BCUT2D eigenvalue weighted by Crippen LogP contribution is -1.90. The number of ether oxygens (including phenoxy) is 1. The van der Waals surface area contributed by atoms with Gasteiger partial charge in [-0.3, -0.25) is 0 Å². The number of benzene rings is 2. The van der Waals surface area contributed by atoms with Gasteiger partial charge in [-0.25, -0.2) is 0 Å². The molecular weight excluding hydrogens is 300 g/mol. The molecule has 0 bridgehead atoms. The third-order valence-corrected chi connectivity index (χ3v) is 3.84. The number of alkyl halides is 1. The molecular formula is C17H19BrO. The van der Waals surface area contributed by atoms with E-state index >= 15 is 0 Å². The van der Waals surface area contributed by atoms with Crippen LogP contribution in [0.2, 0.25) is 0 Å². The average molecular weight is 319 g/mol. The van der Waals surface area contributed by atoms with Crippen molar-refractivity contribution in [1.82, 2.24) is 0 Å². The highest BCUT2D eigenvalue weighted by Gasteiger charge is 2.03. The third-order valence-electron chi connectivity index (χ3n) is 3.24. The van der Waals surface area contributed by atoms with E-state index in [1.807, 2.05) is 18.2 Å². The van der Waals surface area contributed by atoms with Crippen molar-refractivity contribution in [2.75, 3.05) is 0 Å². The van der Waals surface area contributed by atoms with Crippen LogP contribution in [0.4, 0.5) is 0 Å². The number of hydrogen-bond acceptors (Lipinski definition) is 1. The number of aryl methyl sites for hydroxylation is 1. The van der Waals surface area contributed by atoms with E-state index in [1.165, 1.54) is 16.7 Å². The summed E-state index contributed by atoms with van der Waals surface area (Å²) in [4.78, 5) is 0. The van der Waals surface area contributed by atoms with Gasteiger partial charge >= 0.3 is 0 Å². The van der Waals surface area contributed by atoms with Gasteiger partial charge in [0.1, 0.15) is 11.5 Å². The molecule has 0 unspecified atom stereocenters. The minimum Gasteiger partial charge on any atom is -0.457 e. The molecule has 0 amide bonds. The van der Waals surface area contributed by atoms with Crippen molar-refractivity contribution in [3.8, 4) is 11.5 Å². The van der Waals surface area contributed by atoms with Gasteiger partial charge in [0.05, 0.1) is 0 Å². The zero-order valence-corrected chi connectivity index (χ0v) is 13.2. The van der Waals surface area contributed by atoms with Gasteiger partial charge in [-0.05, 0) is 53.8 Å². The summed E-state index contributed by atoms with van der Waals surface area (Å²) in [6.07, 6.45) is 0. The Balaban J connectivity index is 2.14. The van der Waals surface area contributed by atoms with E-state index in [-0.39, 0.29) is 0 Å². The summed E-state index contributed by atoms with van der Waals surface area (Å²) >= 11 is 3.48. The lowest BCUT2D eigenvalue weighted by atomic mass is 10.0. The Morgan fingerprint density at radius 2 is 1.63 bits per heavy atom. The van der Waals surface area contributed by atoms with Crippen LogP contribution in [0.1, 0.15) is 36.5 Å². The highest BCUT2D eigenvalue weighted by Crippen LogP contribution is 2.26. The maximum atomic E-state index is 5.88. The van der Waals surface area contributed by atoms with Gasteiger partial charge in [0, 0.05) is 5.33 Å². The van der Waals surface area contributed by atoms with E-state index in [2.05, 4.69) is 61.0 Å². The van der Waals surface area contributed by atoms with Crippen molar-refractivity contribution in [2.45, 2.75) is 32.0 Å². The zero-order chi connectivity index (χ0) is 13.8. The summed E-state index contributed by atoms with van der Waals surface area (Å²) < 4.78 is 5.88. The van der Waals surface area contributed by atoms with Gasteiger partial charge in [-0.1, -0.05) is 48.0 Å². The largest absolute Gasteiger partial charge is 0.457 e. The number of rotatable bonds is 4. The lowest BCUT2D eigenvalue weighted by Gasteiger charge is -2.10. The highest BCUT2D eigenvalue weighted by molar-refractivity contribution is 9.08. The van der Waals surface area contributed by atoms with Crippen LogP contribution < -0.4 is 4.74 Å². The molecule has 1 nitrogen and oxygen atoms in total. The maximum Gasteiger partial charge on any atom is 0.127 e. The van der Waals surface area contributed by atoms with Crippen LogP contribution in [0, 0.1) is 6.92 Å². The molecule has 2 rings (SSSR count). The molecule has 0 aromatic heterocycles. The Morgan fingerprint density at radius 1 is 1.00 bits per heavy atom. The fourth-order valence-electron chi connectivity index (χ4n) is 1.94. The Hall–Kier alpha value is -1.28. The molecule has 0 spiro atoms. The number of halogens is 1. The van der Waals surface area contributed by atoms with Crippen LogP contribution >= 0.6 is 15.9 Å². The van der Waals surface area contributed by atoms with Crippen LogP contribution in [0.5, 0.6) is 11.5 Å². The second-order valence-electron chi connectivity index (χ2n) is 5.05. The molecule has 19 heavy (non-hydrogen) atoms. The van der Waals surface area contributed by atoms with Gasteiger partial charge in [-0.15, -0.1) is 0 Å². The van der Waals surface area contributed by atoms with Crippen molar-refractivity contribution in [2.24, 2.45) is 0 Å². The SMILES string of the molecule is Cc1cc(Oc2ccc(C(C)C)cc2)ccc1CBr. The second-order valence-corrected chi connectivity index (χ2v) is 5.61. The number of hydrogen-bond donors (Lipinski definition) is 0. The van der Waals surface area contributed by atoms with Crippen LogP contribution in [0.3, 0.4) is 0 Å². The van der Waals surface area contributed by atoms with Gasteiger partial charge in [0.2, 0.25) is 0 Å². The minimum atomic E-state index is 0.550. The minimum absolute atomic E-state index is 0.550. The molecule has 0 N–H and O–H groups in total. The van der Waals surface area contributed by atoms with E-state index in [4.69, 9.17) is 4.74 Å². The monoisotopic (exact) mass is 318 g/mol.